The fraction of sp³-hybridized carbons (Fsp3) is 0.724. The minimum atomic E-state index is 0.604. The standard InChI is InChI=1S/C29H44O/c1-3-5-7-8-24-11-17-27(18-12-24)28-19-13-25(14-20-28)9-10-26-15-21-29(22-16-26)30-23-6-4-2/h15-16,21-22,24-25,27-28H,3-8,11-14,17-20,23H2,1-2H3/t24-,25-,27-,28-. The highest BCUT2D eigenvalue weighted by Crippen LogP contribution is 2.42. The summed E-state index contributed by atoms with van der Waals surface area (Å²) >= 11 is 0. The van der Waals surface area contributed by atoms with E-state index in [1.165, 1.54) is 83.5 Å². The van der Waals surface area contributed by atoms with Gasteiger partial charge in [0, 0.05) is 11.5 Å². The highest BCUT2D eigenvalue weighted by molar-refractivity contribution is 5.38. The summed E-state index contributed by atoms with van der Waals surface area (Å²) in [6, 6.07) is 8.35. The molecule has 1 aromatic carbocycles. The SMILES string of the molecule is CCCCC[C@H]1CC[C@H]([C@H]2CC[C@H](C#Cc3ccc(OCCCC)cc3)CC2)CC1. The normalized spacial score (nSPS) is 26.6. The van der Waals surface area contributed by atoms with Gasteiger partial charge in [0.25, 0.3) is 0 Å². The molecule has 1 nitrogen and oxygen atoms in total. The van der Waals surface area contributed by atoms with Crippen molar-refractivity contribution in [3.63, 3.8) is 0 Å². The minimum absolute atomic E-state index is 0.604. The molecule has 0 heterocycles. The summed E-state index contributed by atoms with van der Waals surface area (Å²) < 4.78 is 5.75. The number of ether oxygens (including phenoxy) is 1. The summed E-state index contributed by atoms with van der Waals surface area (Å²) in [5.74, 6) is 11.6. The fourth-order valence-corrected chi connectivity index (χ4v) is 5.52. The molecule has 0 saturated heterocycles. The summed E-state index contributed by atoms with van der Waals surface area (Å²) in [5, 5.41) is 0. The molecule has 1 aromatic rings. The Hall–Kier alpha value is -1.42. The van der Waals surface area contributed by atoms with Crippen molar-refractivity contribution >= 4 is 0 Å². The Bertz CT molecular complexity index is 633. The predicted octanol–water partition coefficient (Wildman–Crippen LogP) is 8.41. The van der Waals surface area contributed by atoms with Crippen molar-refractivity contribution in [3.05, 3.63) is 29.8 Å². The van der Waals surface area contributed by atoms with Gasteiger partial charge >= 0.3 is 0 Å². The summed E-state index contributed by atoms with van der Waals surface area (Å²) in [6.07, 6.45) is 19.5. The molecule has 0 amide bonds. The molecule has 0 unspecified atom stereocenters. The summed E-state index contributed by atoms with van der Waals surface area (Å²) in [4.78, 5) is 0. The fourth-order valence-electron chi connectivity index (χ4n) is 5.52. The van der Waals surface area contributed by atoms with E-state index >= 15 is 0 Å². The van der Waals surface area contributed by atoms with Gasteiger partial charge in [0.2, 0.25) is 0 Å². The van der Waals surface area contributed by atoms with E-state index in [2.05, 4.69) is 50.0 Å². The molecular weight excluding hydrogens is 364 g/mol. The monoisotopic (exact) mass is 408 g/mol. The van der Waals surface area contributed by atoms with Gasteiger partial charge in [-0.25, -0.2) is 0 Å². The average Bonchev–Trinajstić information content (AvgIpc) is 2.80. The van der Waals surface area contributed by atoms with Gasteiger partial charge < -0.3 is 4.74 Å². The molecule has 30 heavy (non-hydrogen) atoms. The second-order valence-corrected chi connectivity index (χ2v) is 9.88. The molecule has 0 N–H and O–H groups in total. The van der Waals surface area contributed by atoms with Gasteiger partial charge in [0.1, 0.15) is 5.75 Å². The van der Waals surface area contributed by atoms with Crippen molar-refractivity contribution in [3.8, 4) is 17.6 Å². The van der Waals surface area contributed by atoms with Gasteiger partial charge in [0.05, 0.1) is 6.61 Å². The zero-order valence-corrected chi connectivity index (χ0v) is 19.6. The van der Waals surface area contributed by atoms with E-state index in [0.717, 1.165) is 42.1 Å². The first kappa shape index (κ1) is 23.2. The van der Waals surface area contributed by atoms with E-state index in [1.54, 1.807) is 0 Å². The topological polar surface area (TPSA) is 9.23 Å². The van der Waals surface area contributed by atoms with E-state index in [0.29, 0.717) is 5.92 Å². The first-order valence-electron chi connectivity index (χ1n) is 13.0. The van der Waals surface area contributed by atoms with Gasteiger partial charge in [-0.3, -0.25) is 0 Å². The van der Waals surface area contributed by atoms with Crippen LogP contribution < -0.4 is 4.74 Å². The van der Waals surface area contributed by atoms with E-state index in [9.17, 15) is 0 Å². The van der Waals surface area contributed by atoms with Gasteiger partial charge in [-0.15, -0.1) is 0 Å². The van der Waals surface area contributed by atoms with Gasteiger partial charge in [0.15, 0.2) is 0 Å². The van der Waals surface area contributed by atoms with Crippen LogP contribution in [0.25, 0.3) is 0 Å². The lowest BCUT2D eigenvalue weighted by atomic mass is 9.69. The third kappa shape index (κ3) is 7.68. The van der Waals surface area contributed by atoms with Crippen LogP contribution in [0.5, 0.6) is 5.75 Å². The highest BCUT2D eigenvalue weighted by Gasteiger charge is 2.30. The minimum Gasteiger partial charge on any atom is -0.494 e. The molecule has 2 aliphatic carbocycles. The molecular formula is C29H44O. The lowest BCUT2D eigenvalue weighted by molar-refractivity contribution is 0.153. The number of benzene rings is 1. The highest BCUT2D eigenvalue weighted by atomic mass is 16.5. The van der Waals surface area contributed by atoms with Crippen LogP contribution in [0.1, 0.15) is 109 Å². The Morgan fingerprint density at radius 2 is 1.40 bits per heavy atom. The van der Waals surface area contributed by atoms with Crippen LogP contribution in [0.15, 0.2) is 24.3 Å². The molecule has 2 saturated carbocycles. The Morgan fingerprint density at radius 1 is 0.767 bits per heavy atom. The van der Waals surface area contributed by atoms with Crippen molar-refractivity contribution in [1.82, 2.24) is 0 Å². The molecule has 0 bridgehead atoms. The van der Waals surface area contributed by atoms with Crippen LogP contribution in [-0.4, -0.2) is 6.61 Å². The summed E-state index contributed by atoms with van der Waals surface area (Å²) in [7, 11) is 0. The van der Waals surface area contributed by atoms with Crippen LogP contribution in [0.2, 0.25) is 0 Å². The predicted molar refractivity (Wildman–Crippen MR) is 129 cm³/mol. The smallest absolute Gasteiger partial charge is 0.119 e. The Kier molecular flexibility index (Phi) is 10.1. The third-order valence-corrected chi connectivity index (χ3v) is 7.59. The summed E-state index contributed by atoms with van der Waals surface area (Å²) in [5.41, 5.74) is 1.13. The van der Waals surface area contributed by atoms with Crippen LogP contribution in [0.4, 0.5) is 0 Å². The maximum absolute atomic E-state index is 5.75. The lowest BCUT2D eigenvalue weighted by Gasteiger charge is -2.37. The van der Waals surface area contributed by atoms with Crippen molar-refractivity contribution < 1.29 is 4.74 Å². The van der Waals surface area contributed by atoms with Gasteiger partial charge in [-0.1, -0.05) is 70.6 Å². The Morgan fingerprint density at radius 3 is 2.03 bits per heavy atom. The van der Waals surface area contributed by atoms with Crippen molar-refractivity contribution in [2.75, 3.05) is 6.61 Å². The second kappa shape index (κ2) is 13.1. The molecule has 1 heteroatoms. The van der Waals surface area contributed by atoms with E-state index in [-0.39, 0.29) is 0 Å². The van der Waals surface area contributed by atoms with E-state index < -0.39 is 0 Å². The molecule has 166 valence electrons. The van der Waals surface area contributed by atoms with Crippen LogP contribution in [-0.2, 0) is 0 Å². The number of hydrogen-bond acceptors (Lipinski definition) is 1. The second-order valence-electron chi connectivity index (χ2n) is 9.88. The molecule has 3 rings (SSSR count). The number of unbranched alkanes of at least 4 members (excludes halogenated alkanes) is 3. The molecule has 0 spiro atoms. The first-order valence-corrected chi connectivity index (χ1v) is 13.0. The molecule has 0 aromatic heterocycles. The molecule has 0 radical (unpaired) electrons. The quantitative estimate of drug-likeness (QED) is 0.294. The molecule has 2 fully saturated rings. The third-order valence-electron chi connectivity index (χ3n) is 7.59. The first-order chi connectivity index (χ1) is 14.8. The largest absolute Gasteiger partial charge is 0.494 e. The summed E-state index contributed by atoms with van der Waals surface area (Å²) in [6.45, 7) is 5.32. The van der Waals surface area contributed by atoms with Crippen LogP contribution in [0.3, 0.4) is 0 Å². The Balaban J connectivity index is 1.36. The number of hydrogen-bond donors (Lipinski definition) is 0. The van der Waals surface area contributed by atoms with Crippen molar-refractivity contribution in [2.45, 2.75) is 104 Å². The molecule has 0 aliphatic heterocycles. The number of rotatable bonds is 9. The van der Waals surface area contributed by atoms with Gasteiger partial charge in [-0.05, 0) is 87.0 Å². The van der Waals surface area contributed by atoms with Crippen molar-refractivity contribution in [1.29, 1.82) is 0 Å². The van der Waals surface area contributed by atoms with Gasteiger partial charge in [-0.2, -0.15) is 0 Å². The molecule has 0 atom stereocenters. The van der Waals surface area contributed by atoms with Crippen molar-refractivity contribution in [2.24, 2.45) is 23.7 Å². The maximum atomic E-state index is 5.75. The van der Waals surface area contributed by atoms with Crippen LogP contribution >= 0.6 is 0 Å². The lowest BCUT2D eigenvalue weighted by Crippen LogP contribution is -2.25. The maximum Gasteiger partial charge on any atom is 0.119 e. The molecule has 2 aliphatic rings. The van der Waals surface area contributed by atoms with E-state index in [1.807, 2.05) is 0 Å². The van der Waals surface area contributed by atoms with Crippen LogP contribution in [0, 0.1) is 35.5 Å². The van der Waals surface area contributed by atoms with E-state index in [4.69, 9.17) is 4.74 Å². The zero-order chi connectivity index (χ0) is 21.0. The Labute approximate surface area is 186 Å². The zero-order valence-electron chi connectivity index (χ0n) is 19.6. The average molecular weight is 409 g/mol.